The van der Waals surface area contributed by atoms with Gasteiger partial charge in [0.05, 0.1) is 19.8 Å². The van der Waals surface area contributed by atoms with Crippen LogP contribution in [0.3, 0.4) is 0 Å². The summed E-state index contributed by atoms with van der Waals surface area (Å²) in [5.41, 5.74) is 2.71. The summed E-state index contributed by atoms with van der Waals surface area (Å²) in [4.78, 5) is 29.2. The zero-order valence-corrected chi connectivity index (χ0v) is 15.7. The third-order valence-electron chi connectivity index (χ3n) is 4.04. The third kappa shape index (κ3) is 3.79. The Kier molecular flexibility index (Phi) is 5.74. The molecular formula is C18H21ClN2O4. The van der Waals surface area contributed by atoms with Crippen molar-refractivity contribution in [2.24, 2.45) is 0 Å². The fourth-order valence-corrected chi connectivity index (χ4v) is 2.96. The summed E-state index contributed by atoms with van der Waals surface area (Å²) in [7, 11) is 4.55. The van der Waals surface area contributed by atoms with E-state index in [1.807, 2.05) is 0 Å². The summed E-state index contributed by atoms with van der Waals surface area (Å²) in [5, 5.41) is 0.566. The predicted molar refractivity (Wildman–Crippen MR) is 95.4 cm³/mol. The van der Waals surface area contributed by atoms with Crippen LogP contribution in [0.4, 0.5) is 0 Å². The lowest BCUT2D eigenvalue weighted by molar-refractivity contribution is 0.0599. The lowest BCUT2D eigenvalue weighted by atomic mass is 10.1. The Bertz CT molecular complexity index is 814. The van der Waals surface area contributed by atoms with Crippen molar-refractivity contribution in [1.82, 2.24) is 9.88 Å². The molecule has 0 aliphatic rings. The molecule has 25 heavy (non-hydrogen) atoms. The molecular weight excluding hydrogens is 344 g/mol. The predicted octanol–water partition coefficient (Wildman–Crippen LogP) is 3.35. The maximum atomic E-state index is 12.8. The van der Waals surface area contributed by atoms with Crippen LogP contribution in [0.1, 0.15) is 37.7 Å². The van der Waals surface area contributed by atoms with Gasteiger partial charge in [0.25, 0.3) is 5.91 Å². The van der Waals surface area contributed by atoms with E-state index in [-0.39, 0.29) is 5.91 Å². The summed E-state index contributed by atoms with van der Waals surface area (Å²) in [5.74, 6) is -0.0547. The number of aromatic amines is 1. The number of nitrogens with zero attached hydrogens (tertiary/aromatic N) is 1. The number of halogens is 1. The van der Waals surface area contributed by atoms with Gasteiger partial charge in [-0.05, 0) is 37.6 Å². The van der Waals surface area contributed by atoms with Crippen molar-refractivity contribution < 1.29 is 19.1 Å². The fraction of sp³-hybridized carbons (Fsp3) is 0.333. The molecule has 0 spiro atoms. The van der Waals surface area contributed by atoms with Crippen LogP contribution in [0.25, 0.3) is 0 Å². The largest absolute Gasteiger partial charge is 0.496 e. The maximum absolute atomic E-state index is 12.8. The molecule has 0 aliphatic heterocycles. The average Bonchev–Trinajstić information content (AvgIpc) is 2.88. The van der Waals surface area contributed by atoms with E-state index in [0.29, 0.717) is 39.8 Å². The molecule has 0 fully saturated rings. The minimum Gasteiger partial charge on any atom is -0.496 e. The molecule has 1 aromatic carbocycles. The molecule has 0 unspecified atom stereocenters. The Morgan fingerprint density at radius 3 is 2.52 bits per heavy atom. The van der Waals surface area contributed by atoms with E-state index >= 15 is 0 Å². The van der Waals surface area contributed by atoms with Crippen molar-refractivity contribution in [1.29, 1.82) is 0 Å². The van der Waals surface area contributed by atoms with Crippen LogP contribution in [-0.2, 0) is 11.3 Å². The topological polar surface area (TPSA) is 71.6 Å². The van der Waals surface area contributed by atoms with E-state index in [9.17, 15) is 9.59 Å². The molecule has 0 bridgehead atoms. The monoisotopic (exact) mass is 364 g/mol. The molecule has 0 saturated carbocycles. The number of nitrogens with one attached hydrogen (secondary N) is 1. The smallest absolute Gasteiger partial charge is 0.339 e. The third-order valence-corrected chi connectivity index (χ3v) is 4.27. The van der Waals surface area contributed by atoms with Gasteiger partial charge in [0.15, 0.2) is 0 Å². The van der Waals surface area contributed by atoms with E-state index in [1.54, 1.807) is 46.2 Å². The highest BCUT2D eigenvalue weighted by molar-refractivity contribution is 6.30. The standard InChI is InChI=1S/C18H21ClN2O4/c1-10-15(18(23)25-5)11(2)20-16(10)17(22)21(3)9-12-8-13(19)6-7-14(12)24-4/h6-8,20H,9H2,1-5H3. The average molecular weight is 365 g/mol. The second-order valence-electron chi connectivity index (χ2n) is 5.73. The molecule has 1 amide bonds. The summed E-state index contributed by atoms with van der Waals surface area (Å²) in [6.45, 7) is 3.76. The van der Waals surface area contributed by atoms with E-state index in [1.165, 1.54) is 12.0 Å². The van der Waals surface area contributed by atoms with Gasteiger partial charge in [-0.2, -0.15) is 0 Å². The molecule has 0 atom stereocenters. The highest BCUT2D eigenvalue weighted by Gasteiger charge is 2.24. The van der Waals surface area contributed by atoms with Crippen LogP contribution < -0.4 is 4.74 Å². The minimum atomic E-state index is -0.468. The van der Waals surface area contributed by atoms with Crippen LogP contribution in [-0.4, -0.2) is 43.0 Å². The zero-order valence-electron chi connectivity index (χ0n) is 14.9. The molecule has 0 radical (unpaired) electrons. The van der Waals surface area contributed by atoms with Gasteiger partial charge >= 0.3 is 5.97 Å². The van der Waals surface area contributed by atoms with E-state index < -0.39 is 5.97 Å². The van der Waals surface area contributed by atoms with Crippen LogP contribution in [0.2, 0.25) is 5.02 Å². The molecule has 7 heteroatoms. The molecule has 1 aromatic heterocycles. The molecule has 1 N–H and O–H groups in total. The fourth-order valence-electron chi connectivity index (χ4n) is 2.76. The minimum absolute atomic E-state index is 0.238. The van der Waals surface area contributed by atoms with Crippen molar-refractivity contribution in [3.63, 3.8) is 0 Å². The second kappa shape index (κ2) is 7.61. The summed E-state index contributed by atoms with van der Waals surface area (Å²) in [6, 6.07) is 5.25. The van der Waals surface area contributed by atoms with E-state index in [4.69, 9.17) is 21.1 Å². The summed E-state index contributed by atoms with van der Waals surface area (Å²) in [6.07, 6.45) is 0. The van der Waals surface area contributed by atoms with Gasteiger partial charge in [-0.25, -0.2) is 4.79 Å². The number of esters is 1. The first-order valence-electron chi connectivity index (χ1n) is 7.65. The van der Waals surface area contributed by atoms with Gasteiger partial charge in [-0.15, -0.1) is 0 Å². The van der Waals surface area contributed by atoms with Crippen molar-refractivity contribution in [2.75, 3.05) is 21.3 Å². The van der Waals surface area contributed by atoms with Gasteiger partial charge in [-0.1, -0.05) is 11.6 Å². The first-order chi connectivity index (χ1) is 11.8. The number of carbonyl (C=O) groups excluding carboxylic acids is 2. The SMILES string of the molecule is COC(=O)c1c(C)[nH]c(C(=O)N(C)Cc2cc(Cl)ccc2OC)c1C. The van der Waals surface area contributed by atoms with E-state index in [0.717, 1.165) is 5.56 Å². The van der Waals surface area contributed by atoms with E-state index in [2.05, 4.69) is 4.98 Å². The Hall–Kier alpha value is -2.47. The van der Waals surface area contributed by atoms with Crippen molar-refractivity contribution in [3.8, 4) is 5.75 Å². The molecule has 0 saturated heterocycles. The Morgan fingerprint density at radius 2 is 1.92 bits per heavy atom. The molecule has 2 rings (SSSR count). The number of H-pyrrole nitrogens is 1. The molecule has 1 heterocycles. The van der Waals surface area contributed by atoms with Crippen LogP contribution in [0.5, 0.6) is 5.75 Å². The highest BCUT2D eigenvalue weighted by atomic mass is 35.5. The quantitative estimate of drug-likeness (QED) is 0.826. The number of hydrogen-bond donors (Lipinski definition) is 1. The van der Waals surface area contributed by atoms with Crippen molar-refractivity contribution in [3.05, 3.63) is 51.3 Å². The number of carbonyl (C=O) groups is 2. The first-order valence-corrected chi connectivity index (χ1v) is 8.03. The van der Waals surface area contributed by atoms with Crippen molar-refractivity contribution >= 4 is 23.5 Å². The number of methoxy groups -OCH3 is 2. The van der Waals surface area contributed by atoms with Crippen LogP contribution in [0.15, 0.2) is 18.2 Å². The van der Waals surface area contributed by atoms with Gasteiger partial charge < -0.3 is 19.4 Å². The van der Waals surface area contributed by atoms with Crippen molar-refractivity contribution in [2.45, 2.75) is 20.4 Å². The number of ether oxygens (including phenoxy) is 2. The normalized spacial score (nSPS) is 10.5. The van der Waals surface area contributed by atoms with Gasteiger partial charge in [0.2, 0.25) is 0 Å². The number of hydrogen-bond acceptors (Lipinski definition) is 4. The van der Waals surface area contributed by atoms with Gasteiger partial charge in [-0.3, -0.25) is 4.79 Å². The van der Waals surface area contributed by atoms with Crippen LogP contribution in [0, 0.1) is 13.8 Å². The Morgan fingerprint density at radius 1 is 1.24 bits per heavy atom. The number of benzene rings is 1. The zero-order chi connectivity index (χ0) is 18.7. The number of rotatable bonds is 5. The molecule has 2 aromatic rings. The molecule has 134 valence electrons. The number of aromatic nitrogens is 1. The molecule has 6 nitrogen and oxygen atoms in total. The van der Waals surface area contributed by atoms with Crippen LogP contribution >= 0.6 is 11.6 Å². The lowest BCUT2D eigenvalue weighted by Crippen LogP contribution is -2.27. The van der Waals surface area contributed by atoms with Gasteiger partial charge in [0, 0.05) is 29.9 Å². The Balaban J connectivity index is 2.30. The Labute approximate surface area is 151 Å². The summed E-state index contributed by atoms with van der Waals surface area (Å²) < 4.78 is 10.1. The molecule has 0 aliphatic carbocycles. The first kappa shape index (κ1) is 18.9. The number of aryl methyl sites for hydroxylation is 1. The highest BCUT2D eigenvalue weighted by Crippen LogP contribution is 2.25. The second-order valence-corrected chi connectivity index (χ2v) is 6.17. The van der Waals surface area contributed by atoms with Gasteiger partial charge in [0.1, 0.15) is 11.4 Å². The maximum Gasteiger partial charge on any atom is 0.339 e. The summed E-state index contributed by atoms with van der Waals surface area (Å²) >= 11 is 6.04. The lowest BCUT2D eigenvalue weighted by Gasteiger charge is -2.19. The number of amides is 1.